The predicted molar refractivity (Wildman–Crippen MR) is 97.3 cm³/mol. The normalized spacial score (nSPS) is 22.0. The smallest absolute Gasteiger partial charge is 0.317 e. The maximum Gasteiger partial charge on any atom is 0.317 e. The molecule has 0 aromatic heterocycles. The molecule has 0 unspecified atom stereocenters. The number of carbonyl (C=O) groups is 2. The molecule has 1 aromatic rings. The van der Waals surface area contributed by atoms with Crippen LogP contribution in [0.15, 0.2) is 30.3 Å². The molecular weight excluding hydrogens is 316 g/mol. The topological polar surface area (TPSA) is 55.9 Å². The van der Waals surface area contributed by atoms with Gasteiger partial charge in [0, 0.05) is 26.7 Å². The van der Waals surface area contributed by atoms with Crippen LogP contribution in [0.1, 0.15) is 18.4 Å². The third-order valence-electron chi connectivity index (χ3n) is 5.08. The van der Waals surface area contributed by atoms with Crippen LogP contribution in [0.5, 0.6) is 0 Å². The van der Waals surface area contributed by atoms with Crippen molar-refractivity contribution in [2.24, 2.45) is 0 Å². The summed E-state index contributed by atoms with van der Waals surface area (Å²) in [7, 11) is 1.72. The van der Waals surface area contributed by atoms with Crippen molar-refractivity contribution in [2.75, 3.05) is 46.3 Å². The average molecular weight is 344 g/mol. The molecule has 0 aliphatic carbocycles. The lowest BCUT2D eigenvalue weighted by Crippen LogP contribution is -2.46. The van der Waals surface area contributed by atoms with Gasteiger partial charge in [0.1, 0.15) is 6.04 Å². The first-order valence-corrected chi connectivity index (χ1v) is 9.20. The molecule has 3 amide bonds. The molecule has 2 aliphatic rings. The highest BCUT2D eigenvalue weighted by atomic mass is 16.2. The molecule has 0 radical (unpaired) electrons. The molecular formula is C19H28N4O2. The Morgan fingerprint density at radius 3 is 2.68 bits per heavy atom. The number of carbonyl (C=O) groups excluding carboxylic acids is 2. The fourth-order valence-electron chi connectivity index (χ4n) is 3.59. The van der Waals surface area contributed by atoms with Crippen LogP contribution in [0.4, 0.5) is 4.79 Å². The van der Waals surface area contributed by atoms with E-state index in [-0.39, 0.29) is 18.0 Å². The van der Waals surface area contributed by atoms with Gasteiger partial charge in [0.15, 0.2) is 0 Å². The van der Waals surface area contributed by atoms with Gasteiger partial charge in [-0.25, -0.2) is 4.79 Å². The number of urea groups is 1. The Balaban J connectivity index is 1.42. The van der Waals surface area contributed by atoms with Crippen molar-refractivity contribution in [3.63, 3.8) is 0 Å². The number of nitrogens with one attached hydrogen (secondary N) is 1. The lowest BCUT2D eigenvalue weighted by atomic mass is 10.1. The molecule has 0 saturated carbocycles. The number of hydrogen-bond donors (Lipinski definition) is 1. The standard InChI is InChI=1S/C19H28N4O2/c1-21-15-17(20-19(21)25)18(24)23-12-6-11-22(13-14-23)10-5-9-16-7-3-2-4-8-16/h2-4,7-8,17H,5-6,9-15H2,1H3,(H,20,25)/t17-/m1/s1. The largest absolute Gasteiger partial charge is 0.340 e. The van der Waals surface area contributed by atoms with E-state index in [2.05, 4.69) is 40.5 Å². The van der Waals surface area contributed by atoms with Crippen molar-refractivity contribution in [1.29, 1.82) is 0 Å². The minimum atomic E-state index is -0.387. The first-order chi connectivity index (χ1) is 12.1. The van der Waals surface area contributed by atoms with Crippen molar-refractivity contribution in [3.8, 4) is 0 Å². The first kappa shape index (κ1) is 17.7. The second-order valence-electron chi connectivity index (χ2n) is 6.99. The summed E-state index contributed by atoms with van der Waals surface area (Å²) in [6.07, 6.45) is 3.23. The van der Waals surface area contributed by atoms with E-state index in [9.17, 15) is 9.59 Å². The summed E-state index contributed by atoms with van der Waals surface area (Å²) in [5.74, 6) is 0.0591. The third kappa shape index (κ3) is 4.72. The van der Waals surface area contributed by atoms with Crippen molar-refractivity contribution in [1.82, 2.24) is 20.0 Å². The van der Waals surface area contributed by atoms with Crippen molar-refractivity contribution < 1.29 is 9.59 Å². The summed E-state index contributed by atoms with van der Waals surface area (Å²) >= 11 is 0. The van der Waals surface area contributed by atoms with Crippen LogP contribution in [0, 0.1) is 0 Å². The van der Waals surface area contributed by atoms with Crippen molar-refractivity contribution in [2.45, 2.75) is 25.3 Å². The molecule has 2 saturated heterocycles. The van der Waals surface area contributed by atoms with E-state index in [1.165, 1.54) is 5.56 Å². The van der Waals surface area contributed by atoms with E-state index in [1.54, 1.807) is 11.9 Å². The van der Waals surface area contributed by atoms with Crippen LogP contribution in [-0.4, -0.2) is 79.0 Å². The SMILES string of the molecule is CN1C[C@H](C(=O)N2CCCN(CCCc3ccccc3)CC2)NC1=O. The van der Waals surface area contributed by atoms with Gasteiger partial charge < -0.3 is 20.0 Å². The zero-order valence-electron chi connectivity index (χ0n) is 15.0. The van der Waals surface area contributed by atoms with E-state index < -0.39 is 0 Å². The molecule has 3 rings (SSSR count). The third-order valence-corrected chi connectivity index (χ3v) is 5.08. The minimum Gasteiger partial charge on any atom is -0.340 e. The number of rotatable bonds is 5. The molecule has 0 bridgehead atoms. The number of amides is 3. The Morgan fingerprint density at radius 1 is 1.16 bits per heavy atom. The zero-order chi connectivity index (χ0) is 17.6. The fraction of sp³-hybridized carbons (Fsp3) is 0.579. The molecule has 2 heterocycles. The molecule has 2 fully saturated rings. The van der Waals surface area contributed by atoms with Gasteiger partial charge in [-0.3, -0.25) is 4.79 Å². The van der Waals surface area contributed by atoms with E-state index in [0.717, 1.165) is 52.0 Å². The summed E-state index contributed by atoms with van der Waals surface area (Å²) < 4.78 is 0. The maximum atomic E-state index is 12.6. The van der Waals surface area contributed by atoms with Crippen LogP contribution in [-0.2, 0) is 11.2 Å². The van der Waals surface area contributed by atoms with Crippen LogP contribution in [0.3, 0.4) is 0 Å². The highest BCUT2D eigenvalue weighted by molar-refractivity contribution is 5.90. The van der Waals surface area contributed by atoms with Crippen LogP contribution in [0.2, 0.25) is 0 Å². The Morgan fingerprint density at radius 2 is 1.96 bits per heavy atom. The number of likely N-dealkylation sites (N-methyl/N-ethyl adjacent to an activating group) is 1. The Hall–Kier alpha value is -2.08. The minimum absolute atomic E-state index is 0.0591. The lowest BCUT2D eigenvalue weighted by molar-refractivity contribution is -0.132. The molecule has 136 valence electrons. The summed E-state index contributed by atoms with van der Waals surface area (Å²) in [5, 5.41) is 2.77. The Labute approximate surface area is 149 Å². The van der Waals surface area contributed by atoms with E-state index in [0.29, 0.717) is 6.54 Å². The van der Waals surface area contributed by atoms with E-state index >= 15 is 0 Å². The summed E-state index contributed by atoms with van der Waals surface area (Å²) in [6.45, 7) is 5.02. The fourth-order valence-corrected chi connectivity index (χ4v) is 3.59. The van der Waals surface area contributed by atoms with E-state index in [1.807, 2.05) is 4.90 Å². The molecule has 25 heavy (non-hydrogen) atoms. The van der Waals surface area contributed by atoms with Gasteiger partial charge in [0.25, 0.3) is 0 Å². The van der Waals surface area contributed by atoms with Crippen molar-refractivity contribution in [3.05, 3.63) is 35.9 Å². The average Bonchev–Trinajstić information content (AvgIpc) is 2.83. The molecule has 1 N–H and O–H groups in total. The Bertz CT molecular complexity index is 592. The number of benzene rings is 1. The predicted octanol–water partition coefficient (Wildman–Crippen LogP) is 1.18. The van der Waals surface area contributed by atoms with Crippen LogP contribution >= 0.6 is 0 Å². The molecule has 0 spiro atoms. The van der Waals surface area contributed by atoms with E-state index in [4.69, 9.17) is 0 Å². The number of aryl methyl sites for hydroxylation is 1. The molecule has 2 aliphatic heterocycles. The lowest BCUT2D eigenvalue weighted by Gasteiger charge is -2.24. The van der Waals surface area contributed by atoms with Gasteiger partial charge in [0.05, 0.1) is 6.54 Å². The van der Waals surface area contributed by atoms with Gasteiger partial charge in [0.2, 0.25) is 5.91 Å². The second kappa shape index (κ2) is 8.34. The highest BCUT2D eigenvalue weighted by Crippen LogP contribution is 2.10. The Kier molecular flexibility index (Phi) is 5.91. The van der Waals surface area contributed by atoms with Crippen LogP contribution in [0.25, 0.3) is 0 Å². The quantitative estimate of drug-likeness (QED) is 0.873. The van der Waals surface area contributed by atoms with Gasteiger partial charge >= 0.3 is 6.03 Å². The van der Waals surface area contributed by atoms with Crippen LogP contribution < -0.4 is 5.32 Å². The molecule has 1 atom stereocenters. The zero-order valence-corrected chi connectivity index (χ0v) is 15.0. The van der Waals surface area contributed by atoms with Gasteiger partial charge in [-0.1, -0.05) is 30.3 Å². The number of hydrogen-bond acceptors (Lipinski definition) is 3. The summed E-state index contributed by atoms with van der Waals surface area (Å²) in [4.78, 5) is 30.1. The highest BCUT2D eigenvalue weighted by Gasteiger charge is 2.34. The summed E-state index contributed by atoms with van der Waals surface area (Å²) in [6, 6.07) is 10.0. The maximum absolute atomic E-state index is 12.6. The van der Waals surface area contributed by atoms with Crippen molar-refractivity contribution >= 4 is 11.9 Å². The van der Waals surface area contributed by atoms with Gasteiger partial charge in [-0.05, 0) is 37.9 Å². The molecule has 6 nitrogen and oxygen atoms in total. The first-order valence-electron chi connectivity index (χ1n) is 9.20. The number of nitrogens with zero attached hydrogens (tertiary/aromatic N) is 3. The van der Waals surface area contributed by atoms with Gasteiger partial charge in [-0.15, -0.1) is 0 Å². The second-order valence-corrected chi connectivity index (χ2v) is 6.99. The monoisotopic (exact) mass is 344 g/mol. The molecule has 6 heteroatoms. The summed E-state index contributed by atoms with van der Waals surface area (Å²) in [5.41, 5.74) is 1.38. The molecule has 1 aromatic carbocycles. The van der Waals surface area contributed by atoms with Gasteiger partial charge in [-0.2, -0.15) is 0 Å².